The second-order valence-electron chi connectivity index (χ2n) is 7.68. The molecule has 2 rings (SSSR count). The Labute approximate surface area is 124 Å². The van der Waals surface area contributed by atoms with Gasteiger partial charge in [0.2, 0.25) is 5.91 Å². The number of hydrogen-bond donors (Lipinski definition) is 2. The molecule has 1 aliphatic carbocycles. The molecule has 3 heteroatoms. The maximum Gasteiger partial charge on any atom is 0.237 e. The first-order valence-corrected chi connectivity index (χ1v) is 8.50. The Balaban J connectivity index is 1.69. The summed E-state index contributed by atoms with van der Waals surface area (Å²) in [6.07, 6.45) is 8.92. The van der Waals surface area contributed by atoms with Gasteiger partial charge >= 0.3 is 0 Å². The van der Waals surface area contributed by atoms with E-state index in [1.165, 1.54) is 32.1 Å². The number of carbonyl (C=O) groups excluding carboxylic acids is 1. The number of piperidine rings is 1. The molecule has 0 bridgehead atoms. The van der Waals surface area contributed by atoms with Crippen molar-refractivity contribution in [2.75, 3.05) is 13.1 Å². The van der Waals surface area contributed by atoms with Gasteiger partial charge in [0, 0.05) is 6.54 Å². The lowest BCUT2D eigenvalue weighted by Crippen LogP contribution is -2.55. The number of amides is 1. The van der Waals surface area contributed by atoms with E-state index in [1.54, 1.807) is 0 Å². The molecule has 1 aliphatic heterocycles. The molecule has 20 heavy (non-hydrogen) atoms. The van der Waals surface area contributed by atoms with E-state index in [-0.39, 0.29) is 17.4 Å². The minimum atomic E-state index is -0.0115. The van der Waals surface area contributed by atoms with Crippen molar-refractivity contribution in [1.29, 1.82) is 0 Å². The van der Waals surface area contributed by atoms with Crippen molar-refractivity contribution in [3.05, 3.63) is 0 Å². The monoisotopic (exact) mass is 280 g/mol. The van der Waals surface area contributed by atoms with Crippen LogP contribution in [0.4, 0.5) is 0 Å². The maximum absolute atomic E-state index is 12.3. The van der Waals surface area contributed by atoms with Crippen LogP contribution in [-0.4, -0.2) is 25.0 Å². The predicted octanol–water partition coefficient (Wildman–Crippen LogP) is 3.10. The lowest BCUT2D eigenvalue weighted by molar-refractivity contribution is -0.126. The van der Waals surface area contributed by atoms with Crippen LogP contribution in [0.1, 0.15) is 65.7 Å². The van der Waals surface area contributed by atoms with E-state index >= 15 is 0 Å². The molecule has 1 amide bonds. The molecule has 0 aromatic carbocycles. The molecule has 1 unspecified atom stereocenters. The van der Waals surface area contributed by atoms with Gasteiger partial charge in [-0.1, -0.05) is 46.5 Å². The maximum atomic E-state index is 12.3. The molecule has 1 atom stereocenters. The quantitative estimate of drug-likeness (QED) is 0.831. The Morgan fingerprint density at radius 2 is 1.95 bits per heavy atom. The van der Waals surface area contributed by atoms with Crippen molar-refractivity contribution in [1.82, 2.24) is 10.6 Å². The first-order chi connectivity index (χ1) is 9.49. The molecule has 0 aromatic rings. The second kappa shape index (κ2) is 6.93. The molecule has 2 N–H and O–H groups in total. The summed E-state index contributed by atoms with van der Waals surface area (Å²) in [6.45, 7) is 8.58. The van der Waals surface area contributed by atoms with Crippen LogP contribution >= 0.6 is 0 Å². The summed E-state index contributed by atoms with van der Waals surface area (Å²) in [7, 11) is 0. The van der Waals surface area contributed by atoms with Gasteiger partial charge < -0.3 is 10.6 Å². The average molecular weight is 280 g/mol. The molecule has 1 saturated carbocycles. The molecular weight excluding hydrogens is 248 g/mol. The zero-order valence-electron chi connectivity index (χ0n) is 13.5. The third kappa shape index (κ3) is 4.21. The third-order valence-corrected chi connectivity index (χ3v) is 5.38. The number of carbonyl (C=O) groups is 1. The highest BCUT2D eigenvalue weighted by molar-refractivity contribution is 5.82. The van der Waals surface area contributed by atoms with Crippen molar-refractivity contribution in [2.24, 2.45) is 17.3 Å². The van der Waals surface area contributed by atoms with Gasteiger partial charge in [0.15, 0.2) is 0 Å². The zero-order chi connectivity index (χ0) is 14.6. The molecule has 116 valence electrons. The molecule has 0 aromatic heterocycles. The molecule has 1 heterocycles. The van der Waals surface area contributed by atoms with Crippen LogP contribution in [0.15, 0.2) is 0 Å². The molecule has 2 aliphatic rings. The topological polar surface area (TPSA) is 41.1 Å². The van der Waals surface area contributed by atoms with Crippen LogP contribution in [0.5, 0.6) is 0 Å². The van der Waals surface area contributed by atoms with Gasteiger partial charge in [-0.05, 0) is 43.1 Å². The Hall–Kier alpha value is -0.570. The van der Waals surface area contributed by atoms with Gasteiger partial charge in [0.1, 0.15) is 0 Å². The van der Waals surface area contributed by atoms with Crippen molar-refractivity contribution in [3.63, 3.8) is 0 Å². The lowest BCUT2D eigenvalue weighted by atomic mass is 9.77. The summed E-state index contributed by atoms with van der Waals surface area (Å²) in [5.41, 5.74) is 0.0859. The van der Waals surface area contributed by atoms with E-state index < -0.39 is 0 Å². The van der Waals surface area contributed by atoms with E-state index in [4.69, 9.17) is 0 Å². The summed E-state index contributed by atoms with van der Waals surface area (Å²) >= 11 is 0. The van der Waals surface area contributed by atoms with Gasteiger partial charge in [-0.25, -0.2) is 0 Å². The fourth-order valence-corrected chi connectivity index (χ4v) is 3.78. The molecular formula is C17H32N2O. The van der Waals surface area contributed by atoms with Gasteiger partial charge in [-0.15, -0.1) is 0 Å². The average Bonchev–Trinajstić information content (AvgIpc) is 2.40. The van der Waals surface area contributed by atoms with Crippen molar-refractivity contribution < 1.29 is 4.79 Å². The van der Waals surface area contributed by atoms with Gasteiger partial charge in [0.05, 0.1) is 6.04 Å². The van der Waals surface area contributed by atoms with Crippen molar-refractivity contribution in [3.8, 4) is 0 Å². The summed E-state index contributed by atoms with van der Waals surface area (Å²) in [6, 6.07) is -0.0115. The Morgan fingerprint density at radius 3 is 2.60 bits per heavy atom. The summed E-state index contributed by atoms with van der Waals surface area (Å²) < 4.78 is 0. The Bertz CT molecular complexity index is 319. The molecule has 0 radical (unpaired) electrons. The number of hydrogen-bond acceptors (Lipinski definition) is 2. The molecule has 1 saturated heterocycles. The highest BCUT2D eigenvalue weighted by Gasteiger charge is 2.36. The second-order valence-corrected chi connectivity index (χ2v) is 7.68. The largest absolute Gasteiger partial charge is 0.355 e. The summed E-state index contributed by atoms with van der Waals surface area (Å²) in [5, 5.41) is 6.56. The van der Waals surface area contributed by atoms with E-state index in [9.17, 15) is 4.79 Å². The minimum Gasteiger partial charge on any atom is -0.355 e. The van der Waals surface area contributed by atoms with E-state index in [0.717, 1.165) is 37.8 Å². The van der Waals surface area contributed by atoms with Gasteiger partial charge in [-0.2, -0.15) is 0 Å². The predicted molar refractivity (Wildman–Crippen MR) is 83.6 cm³/mol. The van der Waals surface area contributed by atoms with Crippen molar-refractivity contribution in [2.45, 2.75) is 71.8 Å². The van der Waals surface area contributed by atoms with Gasteiger partial charge in [0.25, 0.3) is 0 Å². The minimum absolute atomic E-state index is 0.0115. The normalized spacial score (nSPS) is 33.6. The highest BCUT2D eigenvalue weighted by Crippen LogP contribution is 2.31. The van der Waals surface area contributed by atoms with Crippen LogP contribution < -0.4 is 10.6 Å². The lowest BCUT2D eigenvalue weighted by Gasteiger charge is -2.38. The third-order valence-electron chi connectivity index (χ3n) is 5.38. The molecule has 0 spiro atoms. The highest BCUT2D eigenvalue weighted by atomic mass is 16.2. The van der Waals surface area contributed by atoms with Crippen LogP contribution in [0, 0.1) is 17.3 Å². The van der Waals surface area contributed by atoms with E-state index in [1.807, 2.05) is 0 Å². The fourth-order valence-electron chi connectivity index (χ4n) is 3.78. The molecule has 3 nitrogen and oxygen atoms in total. The van der Waals surface area contributed by atoms with Crippen LogP contribution in [0.25, 0.3) is 0 Å². The Morgan fingerprint density at radius 1 is 1.25 bits per heavy atom. The fraction of sp³-hybridized carbons (Fsp3) is 0.941. The zero-order valence-corrected chi connectivity index (χ0v) is 13.5. The smallest absolute Gasteiger partial charge is 0.237 e. The SMILES string of the molecule is CC1CCC(CCNC(=O)C2NCCCC2(C)C)CC1. The van der Waals surface area contributed by atoms with Crippen LogP contribution in [0.2, 0.25) is 0 Å². The van der Waals surface area contributed by atoms with E-state index in [2.05, 4.69) is 31.4 Å². The van der Waals surface area contributed by atoms with Crippen LogP contribution in [-0.2, 0) is 4.79 Å². The standard InChI is InChI=1S/C17H32N2O/c1-13-5-7-14(8-6-13)9-12-19-16(20)15-17(2,3)10-4-11-18-15/h13-15,18H,4-12H2,1-3H3,(H,19,20). The Kier molecular flexibility index (Phi) is 5.48. The van der Waals surface area contributed by atoms with E-state index in [0.29, 0.717) is 0 Å². The van der Waals surface area contributed by atoms with Crippen LogP contribution in [0.3, 0.4) is 0 Å². The summed E-state index contributed by atoms with van der Waals surface area (Å²) in [5.74, 6) is 1.95. The number of rotatable bonds is 4. The van der Waals surface area contributed by atoms with Crippen molar-refractivity contribution >= 4 is 5.91 Å². The molecule has 2 fully saturated rings. The van der Waals surface area contributed by atoms with Gasteiger partial charge in [-0.3, -0.25) is 4.79 Å². The first-order valence-electron chi connectivity index (χ1n) is 8.50. The number of nitrogens with one attached hydrogen (secondary N) is 2. The first kappa shape index (κ1) is 15.8. The summed E-state index contributed by atoms with van der Waals surface area (Å²) in [4.78, 5) is 12.3.